The van der Waals surface area contributed by atoms with Crippen LogP contribution in [0.15, 0.2) is 12.1 Å². The Bertz CT molecular complexity index is 485. The Kier molecular flexibility index (Phi) is 4.36. The molecule has 0 aliphatic heterocycles. The molecule has 5 nitrogen and oxygen atoms in total. The first kappa shape index (κ1) is 14.1. The third-order valence-corrected chi connectivity index (χ3v) is 2.56. The lowest BCUT2D eigenvalue weighted by atomic mass is 9.99. The van der Waals surface area contributed by atoms with Gasteiger partial charge in [0.25, 0.3) is 5.69 Å². The monoisotopic (exact) mass is 255 g/mol. The average molecular weight is 255 g/mol. The third kappa shape index (κ3) is 3.03. The molecule has 0 fully saturated rings. The third-order valence-electron chi connectivity index (χ3n) is 2.56. The quantitative estimate of drug-likeness (QED) is 0.598. The van der Waals surface area contributed by atoms with Crippen LogP contribution in [-0.4, -0.2) is 17.8 Å². The van der Waals surface area contributed by atoms with Crippen molar-refractivity contribution in [1.82, 2.24) is 0 Å². The summed E-state index contributed by atoms with van der Waals surface area (Å²) in [5, 5.41) is 10.8. The second kappa shape index (κ2) is 5.57. The van der Waals surface area contributed by atoms with Crippen LogP contribution in [0.5, 0.6) is 5.75 Å². The number of methoxy groups -OCH3 is 1. The number of hydrogen-bond donors (Lipinski definition) is 0. The first-order valence-corrected chi connectivity index (χ1v) is 5.40. The molecule has 98 valence electrons. The topological polar surface area (TPSA) is 69.4 Å². The lowest BCUT2D eigenvalue weighted by molar-refractivity contribution is -0.385. The number of Topliss-reactive ketones (excluding diaryl/α,β-unsaturated/α-hetero) is 1. The summed E-state index contributed by atoms with van der Waals surface area (Å²) in [5.74, 6) is -1.30. The van der Waals surface area contributed by atoms with Crippen molar-refractivity contribution in [2.45, 2.75) is 20.3 Å². The van der Waals surface area contributed by atoms with E-state index in [1.54, 1.807) is 13.8 Å². The molecule has 0 saturated heterocycles. The Hall–Kier alpha value is -1.98. The maximum atomic E-state index is 13.4. The minimum atomic E-state index is -0.815. The Labute approximate surface area is 104 Å². The Morgan fingerprint density at radius 2 is 2.11 bits per heavy atom. The summed E-state index contributed by atoms with van der Waals surface area (Å²) in [5.41, 5.74) is -0.237. The second-order valence-corrected chi connectivity index (χ2v) is 4.17. The fourth-order valence-corrected chi connectivity index (χ4v) is 1.44. The molecule has 6 heteroatoms. The molecule has 1 rings (SSSR count). The first-order valence-electron chi connectivity index (χ1n) is 5.40. The Morgan fingerprint density at radius 3 is 2.56 bits per heavy atom. The van der Waals surface area contributed by atoms with Gasteiger partial charge in [-0.3, -0.25) is 14.9 Å². The molecule has 0 atom stereocenters. The van der Waals surface area contributed by atoms with E-state index in [4.69, 9.17) is 4.74 Å². The van der Waals surface area contributed by atoms with E-state index >= 15 is 0 Å². The summed E-state index contributed by atoms with van der Waals surface area (Å²) in [6.07, 6.45) is -0.107. The highest BCUT2D eigenvalue weighted by Crippen LogP contribution is 2.28. The predicted molar refractivity (Wildman–Crippen MR) is 63.2 cm³/mol. The fourth-order valence-electron chi connectivity index (χ4n) is 1.44. The van der Waals surface area contributed by atoms with Crippen LogP contribution in [0.1, 0.15) is 19.4 Å². The zero-order valence-corrected chi connectivity index (χ0v) is 10.4. The van der Waals surface area contributed by atoms with Crippen molar-refractivity contribution >= 4 is 11.5 Å². The Morgan fingerprint density at radius 1 is 1.50 bits per heavy atom. The molecule has 0 aliphatic carbocycles. The van der Waals surface area contributed by atoms with E-state index in [1.165, 1.54) is 13.2 Å². The van der Waals surface area contributed by atoms with Crippen molar-refractivity contribution in [1.29, 1.82) is 0 Å². The lowest BCUT2D eigenvalue weighted by Gasteiger charge is -2.08. The van der Waals surface area contributed by atoms with Crippen molar-refractivity contribution in [3.63, 3.8) is 0 Å². The molecular formula is C12H14FNO4. The Balaban J connectivity index is 3.22. The van der Waals surface area contributed by atoms with Crippen LogP contribution in [0, 0.1) is 21.8 Å². The average Bonchev–Trinajstić information content (AvgIpc) is 2.30. The van der Waals surface area contributed by atoms with E-state index in [-0.39, 0.29) is 29.4 Å². The van der Waals surface area contributed by atoms with Gasteiger partial charge in [-0.1, -0.05) is 13.8 Å². The molecule has 0 spiro atoms. The van der Waals surface area contributed by atoms with Crippen molar-refractivity contribution in [2.24, 2.45) is 5.92 Å². The molecule has 18 heavy (non-hydrogen) atoms. The van der Waals surface area contributed by atoms with Gasteiger partial charge >= 0.3 is 0 Å². The number of halogens is 1. The number of carbonyl (C=O) groups is 1. The number of nitro groups is 1. The van der Waals surface area contributed by atoms with E-state index in [2.05, 4.69) is 0 Å². The maximum Gasteiger partial charge on any atom is 0.276 e. The van der Waals surface area contributed by atoms with Gasteiger partial charge in [-0.05, 0) is 6.07 Å². The van der Waals surface area contributed by atoms with Crippen LogP contribution in [0.4, 0.5) is 10.1 Å². The molecule has 0 unspecified atom stereocenters. The number of ketones is 1. The summed E-state index contributed by atoms with van der Waals surface area (Å²) in [6, 6.07) is 1.98. The summed E-state index contributed by atoms with van der Waals surface area (Å²) < 4.78 is 18.1. The van der Waals surface area contributed by atoms with Crippen LogP contribution in [-0.2, 0) is 11.2 Å². The number of nitro benzene ring substituents is 1. The number of nitrogens with zero attached hydrogens (tertiary/aromatic N) is 1. The zero-order valence-electron chi connectivity index (χ0n) is 10.4. The van der Waals surface area contributed by atoms with Crippen molar-refractivity contribution < 1.29 is 18.8 Å². The molecule has 0 bridgehead atoms. The molecular weight excluding hydrogens is 241 g/mol. The SMILES string of the molecule is COc1cc(CC(=O)C(C)C)c([N+](=O)[O-])cc1F. The molecule has 0 aliphatic rings. The van der Waals surface area contributed by atoms with Crippen molar-refractivity contribution in [2.75, 3.05) is 7.11 Å². The molecule has 0 N–H and O–H groups in total. The smallest absolute Gasteiger partial charge is 0.276 e. The van der Waals surface area contributed by atoms with E-state index < -0.39 is 16.4 Å². The van der Waals surface area contributed by atoms with Crippen molar-refractivity contribution in [3.05, 3.63) is 33.6 Å². The highest BCUT2D eigenvalue weighted by molar-refractivity contribution is 5.83. The van der Waals surface area contributed by atoms with Gasteiger partial charge in [-0.15, -0.1) is 0 Å². The fraction of sp³-hybridized carbons (Fsp3) is 0.417. The summed E-state index contributed by atoms with van der Waals surface area (Å²) >= 11 is 0. The molecule has 0 saturated carbocycles. The number of carbonyl (C=O) groups excluding carboxylic acids is 1. The van der Waals surface area contributed by atoms with Crippen LogP contribution in [0.2, 0.25) is 0 Å². The van der Waals surface area contributed by atoms with Gasteiger partial charge in [-0.2, -0.15) is 0 Å². The van der Waals surface area contributed by atoms with Crippen molar-refractivity contribution in [3.8, 4) is 5.75 Å². The minimum Gasteiger partial charge on any atom is -0.494 e. The van der Waals surface area contributed by atoms with Gasteiger partial charge in [0, 0.05) is 17.9 Å². The number of benzene rings is 1. The number of rotatable bonds is 5. The minimum absolute atomic E-state index is 0.104. The zero-order chi connectivity index (χ0) is 13.9. The van der Waals surface area contributed by atoms with Gasteiger partial charge in [0.05, 0.1) is 18.1 Å². The normalized spacial score (nSPS) is 10.5. The lowest BCUT2D eigenvalue weighted by Crippen LogP contribution is -2.12. The molecule has 0 radical (unpaired) electrons. The molecule has 1 aromatic carbocycles. The summed E-state index contributed by atoms with van der Waals surface area (Å²) in [4.78, 5) is 21.7. The van der Waals surface area contributed by atoms with Gasteiger partial charge in [0.1, 0.15) is 5.78 Å². The maximum absolute atomic E-state index is 13.4. The highest BCUT2D eigenvalue weighted by atomic mass is 19.1. The number of ether oxygens (including phenoxy) is 1. The van der Waals surface area contributed by atoms with Crippen LogP contribution < -0.4 is 4.74 Å². The van der Waals surface area contributed by atoms with E-state index in [1.807, 2.05) is 0 Å². The summed E-state index contributed by atoms with van der Waals surface area (Å²) in [6.45, 7) is 3.41. The van der Waals surface area contributed by atoms with Crippen LogP contribution in [0.3, 0.4) is 0 Å². The van der Waals surface area contributed by atoms with E-state index in [9.17, 15) is 19.3 Å². The van der Waals surface area contributed by atoms with Crippen LogP contribution in [0.25, 0.3) is 0 Å². The highest BCUT2D eigenvalue weighted by Gasteiger charge is 2.21. The predicted octanol–water partition coefficient (Wildman–Crippen LogP) is 2.51. The van der Waals surface area contributed by atoms with Gasteiger partial charge < -0.3 is 4.74 Å². The largest absolute Gasteiger partial charge is 0.494 e. The molecule has 0 aromatic heterocycles. The van der Waals surface area contributed by atoms with E-state index in [0.717, 1.165) is 6.07 Å². The van der Waals surface area contributed by atoms with Crippen LogP contribution >= 0.6 is 0 Å². The number of hydrogen-bond acceptors (Lipinski definition) is 4. The van der Waals surface area contributed by atoms with E-state index in [0.29, 0.717) is 0 Å². The second-order valence-electron chi connectivity index (χ2n) is 4.17. The van der Waals surface area contributed by atoms with Gasteiger partial charge in [0.15, 0.2) is 11.6 Å². The van der Waals surface area contributed by atoms with Gasteiger partial charge in [-0.25, -0.2) is 4.39 Å². The molecule has 0 heterocycles. The molecule has 1 aromatic rings. The summed E-state index contributed by atoms with van der Waals surface area (Å²) in [7, 11) is 1.26. The van der Waals surface area contributed by atoms with Gasteiger partial charge in [0.2, 0.25) is 0 Å². The standard InChI is InChI=1S/C12H14FNO4/c1-7(2)11(15)4-8-5-12(18-3)9(13)6-10(8)14(16)17/h5-7H,4H2,1-3H3. The first-order chi connectivity index (χ1) is 8.36. The molecule has 0 amide bonds.